The van der Waals surface area contributed by atoms with E-state index in [1.807, 2.05) is 0 Å². The Morgan fingerprint density at radius 1 is 1.18 bits per heavy atom. The van der Waals surface area contributed by atoms with Crippen LogP contribution in [0.1, 0.15) is 19.3 Å². The molecule has 1 saturated heterocycles. The molecule has 7 nitrogen and oxygen atoms in total. The van der Waals surface area contributed by atoms with Crippen LogP contribution in [0.4, 0.5) is 0 Å². The van der Waals surface area contributed by atoms with E-state index in [0.717, 1.165) is 12.8 Å². The van der Waals surface area contributed by atoms with Crippen molar-refractivity contribution >= 4 is 17.8 Å². The maximum atomic E-state index is 11.5. The molecular formula is C10H16N2O5. The minimum atomic E-state index is -1.12. The highest BCUT2D eigenvalue weighted by molar-refractivity contribution is 5.88. The monoisotopic (exact) mass is 244 g/mol. The number of aliphatic carboxylic acids is 1. The number of carbonyl (C=O) groups excluding carboxylic acids is 2. The highest BCUT2D eigenvalue weighted by Gasteiger charge is 2.21. The first-order valence-corrected chi connectivity index (χ1v) is 5.47. The Labute approximate surface area is 98.5 Å². The van der Waals surface area contributed by atoms with E-state index in [0.29, 0.717) is 13.0 Å². The Hall–Kier alpha value is -1.63. The van der Waals surface area contributed by atoms with Crippen molar-refractivity contribution in [1.82, 2.24) is 10.6 Å². The Bertz CT molecular complexity index is 299. The fourth-order valence-electron chi connectivity index (χ4n) is 1.47. The number of carboxylic acids is 1. The molecule has 0 spiro atoms. The molecule has 0 saturated carbocycles. The summed E-state index contributed by atoms with van der Waals surface area (Å²) in [6.45, 7) is -0.121. The number of amides is 2. The van der Waals surface area contributed by atoms with Crippen molar-refractivity contribution in [3.05, 3.63) is 0 Å². The molecule has 0 bridgehead atoms. The first-order chi connectivity index (χ1) is 8.09. The predicted octanol–water partition coefficient (Wildman–Crippen LogP) is -1.13. The van der Waals surface area contributed by atoms with Gasteiger partial charge < -0.3 is 20.5 Å². The number of hydrogen-bond acceptors (Lipinski definition) is 4. The van der Waals surface area contributed by atoms with Gasteiger partial charge in [0.1, 0.15) is 12.6 Å². The second kappa shape index (κ2) is 6.85. The van der Waals surface area contributed by atoms with Crippen LogP contribution in [0.5, 0.6) is 0 Å². The molecule has 0 aromatic rings. The van der Waals surface area contributed by atoms with Gasteiger partial charge in [-0.2, -0.15) is 0 Å². The van der Waals surface area contributed by atoms with E-state index in [1.165, 1.54) is 0 Å². The van der Waals surface area contributed by atoms with Crippen molar-refractivity contribution in [2.75, 3.05) is 19.7 Å². The third kappa shape index (κ3) is 5.30. The first-order valence-electron chi connectivity index (χ1n) is 5.47. The van der Waals surface area contributed by atoms with Gasteiger partial charge in [-0.15, -0.1) is 0 Å². The number of hydrogen-bond donors (Lipinski definition) is 3. The van der Waals surface area contributed by atoms with E-state index in [9.17, 15) is 14.4 Å². The molecule has 1 atom stereocenters. The molecule has 1 fully saturated rings. The number of ether oxygens (including phenoxy) is 1. The average molecular weight is 244 g/mol. The highest BCUT2D eigenvalue weighted by Crippen LogP contribution is 2.12. The molecule has 17 heavy (non-hydrogen) atoms. The van der Waals surface area contributed by atoms with Crippen LogP contribution in [-0.4, -0.2) is 48.7 Å². The molecule has 1 aliphatic heterocycles. The number of carboxylic acid groups (broad SMARTS) is 1. The van der Waals surface area contributed by atoms with Crippen LogP contribution in [0.25, 0.3) is 0 Å². The second-order valence-electron chi connectivity index (χ2n) is 3.74. The third-order valence-electron chi connectivity index (χ3n) is 2.33. The molecule has 3 N–H and O–H groups in total. The third-order valence-corrected chi connectivity index (χ3v) is 2.33. The highest BCUT2D eigenvalue weighted by atomic mass is 16.5. The normalized spacial score (nSPS) is 19.4. The van der Waals surface area contributed by atoms with Crippen molar-refractivity contribution in [3.63, 3.8) is 0 Å². The van der Waals surface area contributed by atoms with Gasteiger partial charge in [0.2, 0.25) is 11.8 Å². The van der Waals surface area contributed by atoms with Crippen LogP contribution in [0, 0.1) is 0 Å². The average Bonchev–Trinajstić information content (AvgIpc) is 2.34. The summed E-state index contributed by atoms with van der Waals surface area (Å²) in [5, 5.41) is 12.9. The zero-order valence-corrected chi connectivity index (χ0v) is 9.40. The summed E-state index contributed by atoms with van der Waals surface area (Å²) in [6.07, 6.45) is 2.05. The summed E-state index contributed by atoms with van der Waals surface area (Å²) in [6, 6.07) is 0. The summed E-state index contributed by atoms with van der Waals surface area (Å²) in [4.78, 5) is 32.8. The van der Waals surface area contributed by atoms with E-state index in [1.54, 1.807) is 0 Å². The maximum Gasteiger partial charge on any atom is 0.322 e. The summed E-state index contributed by atoms with van der Waals surface area (Å²) in [5.74, 6) is -1.98. The van der Waals surface area contributed by atoms with Gasteiger partial charge in [-0.3, -0.25) is 14.4 Å². The van der Waals surface area contributed by atoms with Crippen LogP contribution < -0.4 is 10.6 Å². The van der Waals surface area contributed by atoms with Crippen molar-refractivity contribution in [2.45, 2.75) is 25.4 Å². The Kier molecular flexibility index (Phi) is 5.41. The van der Waals surface area contributed by atoms with E-state index >= 15 is 0 Å². The van der Waals surface area contributed by atoms with Gasteiger partial charge in [0.15, 0.2) is 0 Å². The molecule has 0 aromatic carbocycles. The Morgan fingerprint density at radius 2 is 1.94 bits per heavy atom. The Balaban J connectivity index is 2.18. The van der Waals surface area contributed by atoms with Gasteiger partial charge >= 0.3 is 5.97 Å². The zero-order valence-electron chi connectivity index (χ0n) is 9.40. The van der Waals surface area contributed by atoms with Crippen LogP contribution in [0.2, 0.25) is 0 Å². The van der Waals surface area contributed by atoms with Gasteiger partial charge in [-0.05, 0) is 19.3 Å². The fraction of sp³-hybridized carbons (Fsp3) is 0.700. The van der Waals surface area contributed by atoms with Crippen LogP contribution >= 0.6 is 0 Å². The molecule has 1 heterocycles. The van der Waals surface area contributed by atoms with E-state index in [4.69, 9.17) is 9.84 Å². The van der Waals surface area contributed by atoms with Crippen LogP contribution in [0.3, 0.4) is 0 Å². The zero-order chi connectivity index (χ0) is 12.7. The second-order valence-corrected chi connectivity index (χ2v) is 3.74. The maximum absolute atomic E-state index is 11.5. The molecule has 1 unspecified atom stereocenters. The minimum Gasteiger partial charge on any atom is -0.480 e. The summed E-state index contributed by atoms with van der Waals surface area (Å²) in [5.41, 5.74) is 0. The van der Waals surface area contributed by atoms with E-state index in [-0.39, 0.29) is 12.5 Å². The van der Waals surface area contributed by atoms with Gasteiger partial charge in [0.05, 0.1) is 6.54 Å². The lowest BCUT2D eigenvalue weighted by Gasteiger charge is -2.21. The van der Waals surface area contributed by atoms with Crippen LogP contribution in [-0.2, 0) is 19.1 Å². The molecule has 1 rings (SSSR count). The standard InChI is InChI=1S/C10H16N2O5/c13-8(11-6-9(14)15)5-12-10(16)7-3-1-2-4-17-7/h7H,1-6H2,(H,11,13)(H,12,16)(H,14,15). The number of rotatable bonds is 5. The first kappa shape index (κ1) is 13.4. The molecule has 0 aliphatic carbocycles. The SMILES string of the molecule is O=C(O)CNC(=O)CNC(=O)C1CCCCO1. The molecular weight excluding hydrogens is 228 g/mol. The quantitative estimate of drug-likeness (QED) is 0.567. The molecule has 0 aromatic heterocycles. The summed E-state index contributed by atoms with van der Waals surface area (Å²) in [7, 11) is 0. The summed E-state index contributed by atoms with van der Waals surface area (Å²) >= 11 is 0. The Morgan fingerprint density at radius 3 is 2.53 bits per heavy atom. The molecule has 7 heteroatoms. The van der Waals surface area contributed by atoms with Crippen LogP contribution in [0.15, 0.2) is 0 Å². The van der Waals surface area contributed by atoms with E-state index < -0.39 is 24.5 Å². The van der Waals surface area contributed by atoms with Gasteiger partial charge in [-0.25, -0.2) is 0 Å². The fourth-order valence-corrected chi connectivity index (χ4v) is 1.47. The predicted molar refractivity (Wildman–Crippen MR) is 57.2 cm³/mol. The van der Waals surface area contributed by atoms with E-state index in [2.05, 4.69) is 10.6 Å². The van der Waals surface area contributed by atoms with Crippen molar-refractivity contribution in [3.8, 4) is 0 Å². The smallest absolute Gasteiger partial charge is 0.322 e. The largest absolute Gasteiger partial charge is 0.480 e. The van der Waals surface area contributed by atoms with Crippen molar-refractivity contribution < 1.29 is 24.2 Å². The molecule has 2 amide bonds. The van der Waals surface area contributed by atoms with Gasteiger partial charge in [0.25, 0.3) is 0 Å². The van der Waals surface area contributed by atoms with Crippen molar-refractivity contribution in [2.24, 2.45) is 0 Å². The molecule has 96 valence electrons. The topological polar surface area (TPSA) is 105 Å². The minimum absolute atomic E-state index is 0.230. The molecule has 0 radical (unpaired) electrons. The lowest BCUT2D eigenvalue weighted by atomic mass is 10.1. The number of nitrogens with one attached hydrogen (secondary N) is 2. The van der Waals surface area contributed by atoms with Gasteiger partial charge in [-0.1, -0.05) is 0 Å². The lowest BCUT2D eigenvalue weighted by molar-refractivity contribution is -0.138. The lowest BCUT2D eigenvalue weighted by Crippen LogP contribution is -2.44. The molecule has 1 aliphatic rings. The number of carbonyl (C=O) groups is 3. The summed E-state index contributed by atoms with van der Waals surface area (Å²) < 4.78 is 5.23. The van der Waals surface area contributed by atoms with Crippen molar-refractivity contribution in [1.29, 1.82) is 0 Å². The van der Waals surface area contributed by atoms with Gasteiger partial charge in [0, 0.05) is 6.61 Å².